The Hall–Kier alpha value is -1.49. The molecule has 0 radical (unpaired) electrons. The van der Waals surface area contributed by atoms with Crippen molar-refractivity contribution in [1.82, 2.24) is 4.90 Å². The molecule has 0 unspecified atom stereocenters. The molecule has 1 aliphatic carbocycles. The number of nitrogens with zero attached hydrogens (tertiary/aromatic N) is 1. The summed E-state index contributed by atoms with van der Waals surface area (Å²) in [5.41, 5.74) is 0.506. The minimum Gasteiger partial charge on any atom is -0.481 e. The lowest BCUT2D eigenvalue weighted by Gasteiger charge is -2.29. The van der Waals surface area contributed by atoms with Crippen LogP contribution in [-0.4, -0.2) is 28.6 Å². The van der Waals surface area contributed by atoms with E-state index in [-0.39, 0.29) is 6.42 Å². The third-order valence-corrected chi connectivity index (χ3v) is 4.32. The molecule has 22 heavy (non-hydrogen) atoms. The lowest BCUT2D eigenvalue weighted by molar-refractivity contribution is -0.137. The molecule has 122 valence electrons. The van der Waals surface area contributed by atoms with Crippen LogP contribution in [-0.2, 0) is 11.3 Å². The zero-order valence-corrected chi connectivity index (χ0v) is 12.7. The summed E-state index contributed by atoms with van der Waals surface area (Å²) in [5.74, 6) is -1.85. The van der Waals surface area contributed by atoms with Crippen molar-refractivity contribution in [1.29, 1.82) is 0 Å². The second-order valence-electron chi connectivity index (χ2n) is 6.00. The molecule has 1 N–H and O–H groups in total. The molecule has 0 aliphatic heterocycles. The number of carboxylic acids is 1. The van der Waals surface area contributed by atoms with E-state index >= 15 is 0 Å². The zero-order chi connectivity index (χ0) is 15.9. The summed E-state index contributed by atoms with van der Waals surface area (Å²) in [4.78, 5) is 12.8. The van der Waals surface area contributed by atoms with Crippen LogP contribution in [0.15, 0.2) is 18.2 Å². The van der Waals surface area contributed by atoms with Crippen molar-refractivity contribution < 1.29 is 18.7 Å². The highest BCUT2D eigenvalue weighted by Crippen LogP contribution is 2.26. The summed E-state index contributed by atoms with van der Waals surface area (Å²) in [5, 5.41) is 8.69. The average Bonchev–Trinajstić information content (AvgIpc) is 2.98. The first-order valence-electron chi connectivity index (χ1n) is 7.96. The number of hydrogen-bond donors (Lipinski definition) is 1. The number of benzene rings is 1. The molecule has 0 saturated heterocycles. The number of rotatable bonds is 8. The van der Waals surface area contributed by atoms with Crippen molar-refractivity contribution >= 4 is 5.97 Å². The van der Waals surface area contributed by atoms with Crippen LogP contribution in [0.4, 0.5) is 8.78 Å². The van der Waals surface area contributed by atoms with E-state index in [4.69, 9.17) is 5.11 Å². The van der Waals surface area contributed by atoms with Crippen LogP contribution in [0.25, 0.3) is 0 Å². The molecule has 1 aromatic rings. The van der Waals surface area contributed by atoms with Crippen LogP contribution in [0.5, 0.6) is 0 Å². The van der Waals surface area contributed by atoms with Crippen molar-refractivity contribution in [3.63, 3.8) is 0 Å². The van der Waals surface area contributed by atoms with Gasteiger partial charge in [0.2, 0.25) is 0 Å². The molecule has 0 spiro atoms. The van der Waals surface area contributed by atoms with Gasteiger partial charge in [0, 0.05) is 30.6 Å². The second kappa shape index (κ2) is 8.22. The van der Waals surface area contributed by atoms with E-state index in [1.165, 1.54) is 25.0 Å². The Bertz CT molecular complexity index is 501. The van der Waals surface area contributed by atoms with E-state index in [9.17, 15) is 13.6 Å². The van der Waals surface area contributed by atoms with Crippen molar-refractivity contribution in [2.24, 2.45) is 0 Å². The van der Waals surface area contributed by atoms with Gasteiger partial charge in [-0.3, -0.25) is 9.69 Å². The van der Waals surface area contributed by atoms with Crippen molar-refractivity contribution in [2.75, 3.05) is 6.54 Å². The smallest absolute Gasteiger partial charge is 0.303 e. The number of hydrogen-bond acceptors (Lipinski definition) is 2. The first kappa shape index (κ1) is 16.9. The van der Waals surface area contributed by atoms with Crippen LogP contribution >= 0.6 is 0 Å². The molecule has 3 nitrogen and oxygen atoms in total. The highest BCUT2D eigenvalue weighted by Gasteiger charge is 2.23. The van der Waals surface area contributed by atoms with Crippen LogP contribution in [0, 0.1) is 11.6 Å². The van der Waals surface area contributed by atoms with Gasteiger partial charge in [0.15, 0.2) is 0 Å². The predicted octanol–water partition coefficient (Wildman–Crippen LogP) is 3.96. The summed E-state index contributed by atoms with van der Waals surface area (Å²) in [6.45, 7) is 1.22. The molecular weight excluding hydrogens is 288 g/mol. The monoisotopic (exact) mass is 311 g/mol. The highest BCUT2D eigenvalue weighted by atomic mass is 19.1. The Labute approximate surface area is 129 Å². The molecule has 0 bridgehead atoms. The number of carboxylic acid groups (broad SMARTS) is 1. The van der Waals surface area contributed by atoms with Crippen LogP contribution in [0.3, 0.4) is 0 Å². The largest absolute Gasteiger partial charge is 0.481 e. The fourth-order valence-electron chi connectivity index (χ4n) is 3.12. The molecule has 5 heteroatoms. The summed E-state index contributed by atoms with van der Waals surface area (Å²) < 4.78 is 26.8. The standard InChI is InChI=1S/C17H23F2NO2/c18-14-9-8-13(16(19)11-14)12-20(15-5-1-2-6-15)10-4-3-7-17(21)22/h8-9,11,15H,1-7,10,12H2,(H,21,22). The topological polar surface area (TPSA) is 40.5 Å². The minimum atomic E-state index is -0.781. The summed E-state index contributed by atoms with van der Waals surface area (Å²) in [6, 6.07) is 4.14. The van der Waals surface area contributed by atoms with E-state index in [0.29, 0.717) is 24.6 Å². The van der Waals surface area contributed by atoms with E-state index in [1.807, 2.05) is 0 Å². The first-order valence-corrected chi connectivity index (χ1v) is 7.96. The molecule has 2 rings (SSSR count). The maximum absolute atomic E-state index is 13.8. The van der Waals surface area contributed by atoms with Gasteiger partial charge in [-0.2, -0.15) is 0 Å². The van der Waals surface area contributed by atoms with Gasteiger partial charge in [-0.15, -0.1) is 0 Å². The Balaban J connectivity index is 1.96. The van der Waals surface area contributed by atoms with Gasteiger partial charge in [-0.25, -0.2) is 8.78 Å². The van der Waals surface area contributed by atoms with Crippen LogP contribution in [0.2, 0.25) is 0 Å². The number of aliphatic carboxylic acids is 1. The quantitative estimate of drug-likeness (QED) is 0.739. The van der Waals surface area contributed by atoms with Crippen LogP contribution < -0.4 is 0 Å². The van der Waals surface area contributed by atoms with Gasteiger partial charge in [-0.1, -0.05) is 18.9 Å². The zero-order valence-electron chi connectivity index (χ0n) is 12.7. The summed E-state index contributed by atoms with van der Waals surface area (Å²) in [7, 11) is 0. The first-order chi connectivity index (χ1) is 10.6. The van der Waals surface area contributed by atoms with Gasteiger partial charge in [0.05, 0.1) is 0 Å². The lowest BCUT2D eigenvalue weighted by atomic mass is 10.1. The van der Waals surface area contributed by atoms with Crippen LogP contribution in [0.1, 0.15) is 50.5 Å². The molecule has 0 amide bonds. The molecule has 0 heterocycles. The predicted molar refractivity (Wildman–Crippen MR) is 80.5 cm³/mol. The molecule has 1 saturated carbocycles. The van der Waals surface area contributed by atoms with Gasteiger partial charge in [0.1, 0.15) is 11.6 Å². The third kappa shape index (κ3) is 5.05. The Morgan fingerprint density at radius 1 is 1.23 bits per heavy atom. The van der Waals surface area contributed by atoms with Crippen molar-refractivity contribution in [2.45, 2.75) is 57.5 Å². The molecule has 0 aromatic heterocycles. The SMILES string of the molecule is O=C(O)CCCCN(Cc1ccc(F)cc1F)C1CCCC1. The molecule has 1 fully saturated rings. The minimum absolute atomic E-state index is 0.170. The second-order valence-corrected chi connectivity index (χ2v) is 6.00. The fraction of sp³-hybridized carbons (Fsp3) is 0.588. The summed E-state index contributed by atoms with van der Waals surface area (Å²) >= 11 is 0. The molecular formula is C17H23F2NO2. The van der Waals surface area contributed by atoms with E-state index in [2.05, 4.69) is 4.90 Å². The molecule has 1 aliphatic rings. The number of carbonyl (C=O) groups is 1. The van der Waals surface area contributed by atoms with Gasteiger partial charge in [0.25, 0.3) is 0 Å². The normalized spacial score (nSPS) is 15.6. The van der Waals surface area contributed by atoms with E-state index in [1.54, 1.807) is 0 Å². The Kier molecular flexibility index (Phi) is 6.31. The molecule has 0 atom stereocenters. The van der Waals surface area contributed by atoms with Gasteiger partial charge in [-0.05, 0) is 38.3 Å². The maximum Gasteiger partial charge on any atom is 0.303 e. The summed E-state index contributed by atoms with van der Waals surface area (Å²) in [6.07, 6.45) is 6.15. The fourth-order valence-corrected chi connectivity index (χ4v) is 3.12. The van der Waals surface area contributed by atoms with E-state index in [0.717, 1.165) is 31.9 Å². The number of unbranched alkanes of at least 4 members (excludes halogenated alkanes) is 1. The van der Waals surface area contributed by atoms with Gasteiger partial charge >= 0.3 is 5.97 Å². The van der Waals surface area contributed by atoms with E-state index < -0.39 is 17.6 Å². The Morgan fingerprint density at radius 3 is 2.59 bits per heavy atom. The number of halogens is 2. The van der Waals surface area contributed by atoms with Crippen molar-refractivity contribution in [3.8, 4) is 0 Å². The highest BCUT2D eigenvalue weighted by molar-refractivity contribution is 5.66. The van der Waals surface area contributed by atoms with Gasteiger partial charge < -0.3 is 5.11 Å². The lowest BCUT2D eigenvalue weighted by Crippen LogP contribution is -2.34. The van der Waals surface area contributed by atoms with Crippen molar-refractivity contribution in [3.05, 3.63) is 35.4 Å². The Morgan fingerprint density at radius 2 is 1.95 bits per heavy atom. The average molecular weight is 311 g/mol. The maximum atomic E-state index is 13.8. The third-order valence-electron chi connectivity index (χ3n) is 4.32. The molecule has 1 aromatic carbocycles.